The fourth-order valence-corrected chi connectivity index (χ4v) is 3.66. The summed E-state index contributed by atoms with van der Waals surface area (Å²) in [5.41, 5.74) is -1.12. The molecule has 0 saturated carbocycles. The Kier molecular flexibility index (Phi) is 7.10. The first-order valence-electron chi connectivity index (χ1n) is 9.25. The highest BCUT2D eigenvalue weighted by Crippen LogP contribution is 2.37. The van der Waals surface area contributed by atoms with Crippen LogP contribution in [0, 0.1) is 13.8 Å². The molecule has 2 N–H and O–H groups in total. The van der Waals surface area contributed by atoms with E-state index in [4.69, 9.17) is 0 Å². The highest BCUT2D eigenvalue weighted by Gasteiger charge is 2.64. The molecule has 0 bridgehead atoms. The van der Waals surface area contributed by atoms with Gasteiger partial charge < -0.3 is 15.4 Å². The van der Waals surface area contributed by atoms with E-state index in [0.717, 1.165) is 22.5 Å². The standard InChI is InChI=1S/C19H24F3N3O3S/c1-5-7-8-14(26)24-18(19(20,21)22,16(27)28-6-2)25-17-23-15-12(4)11(3)9-10-13(15)29-17/h9-10H,5-8H2,1-4H3,(H,23,25)(H,24,26)/t18-/m0/s1. The van der Waals surface area contributed by atoms with Crippen LogP contribution in [-0.2, 0) is 14.3 Å². The van der Waals surface area contributed by atoms with E-state index in [1.807, 2.05) is 25.2 Å². The number of carbonyl (C=O) groups excluding carboxylic acids is 2. The Morgan fingerprint density at radius 2 is 1.90 bits per heavy atom. The third kappa shape index (κ3) is 4.80. The Morgan fingerprint density at radius 3 is 2.48 bits per heavy atom. The zero-order valence-corrected chi connectivity index (χ0v) is 17.5. The number of carbonyl (C=O) groups is 2. The van der Waals surface area contributed by atoms with Gasteiger partial charge in [-0.1, -0.05) is 30.7 Å². The van der Waals surface area contributed by atoms with Gasteiger partial charge in [0.25, 0.3) is 0 Å². The fourth-order valence-electron chi connectivity index (χ4n) is 2.68. The number of aromatic nitrogens is 1. The van der Waals surface area contributed by atoms with Crippen molar-refractivity contribution in [2.75, 3.05) is 11.9 Å². The van der Waals surface area contributed by atoms with Crippen LogP contribution in [0.3, 0.4) is 0 Å². The van der Waals surface area contributed by atoms with Crippen LogP contribution in [0.2, 0.25) is 0 Å². The van der Waals surface area contributed by atoms with E-state index in [0.29, 0.717) is 23.1 Å². The predicted molar refractivity (Wildman–Crippen MR) is 106 cm³/mol. The van der Waals surface area contributed by atoms with Crippen molar-refractivity contribution in [3.8, 4) is 0 Å². The summed E-state index contributed by atoms with van der Waals surface area (Å²) < 4.78 is 47.7. The van der Waals surface area contributed by atoms with E-state index >= 15 is 0 Å². The number of hydrogen-bond acceptors (Lipinski definition) is 6. The first-order chi connectivity index (χ1) is 13.6. The molecular formula is C19H24F3N3O3S. The Hall–Kier alpha value is -2.36. The van der Waals surface area contributed by atoms with Gasteiger partial charge in [0.2, 0.25) is 5.91 Å². The van der Waals surface area contributed by atoms with Gasteiger partial charge in [-0.05, 0) is 44.4 Å². The number of nitrogens with zero attached hydrogens (tertiary/aromatic N) is 1. The number of unbranched alkanes of at least 4 members (excludes halogenated alkanes) is 1. The summed E-state index contributed by atoms with van der Waals surface area (Å²) in [7, 11) is 0. The molecule has 1 aromatic heterocycles. The molecule has 2 rings (SSSR count). The number of nitrogens with one attached hydrogen (secondary N) is 2. The maximum Gasteiger partial charge on any atom is 0.442 e. The van der Waals surface area contributed by atoms with Crippen molar-refractivity contribution in [1.82, 2.24) is 10.3 Å². The molecule has 0 aliphatic carbocycles. The SMILES string of the molecule is CCCCC(=O)N[C@](Nc1nc2c(C)c(C)ccc2s1)(C(=O)OCC)C(F)(F)F. The number of rotatable bonds is 8. The molecular weight excluding hydrogens is 407 g/mol. The largest absolute Gasteiger partial charge is 0.463 e. The van der Waals surface area contributed by atoms with Crippen molar-refractivity contribution in [1.29, 1.82) is 0 Å². The van der Waals surface area contributed by atoms with Gasteiger partial charge in [-0.2, -0.15) is 13.2 Å². The molecule has 29 heavy (non-hydrogen) atoms. The van der Waals surface area contributed by atoms with E-state index in [1.54, 1.807) is 13.0 Å². The molecule has 1 atom stereocenters. The fraction of sp³-hybridized carbons (Fsp3) is 0.526. The summed E-state index contributed by atoms with van der Waals surface area (Å²) >= 11 is 0.962. The second kappa shape index (κ2) is 8.98. The minimum atomic E-state index is -5.16. The zero-order valence-electron chi connectivity index (χ0n) is 16.7. The molecule has 0 radical (unpaired) electrons. The Bertz CT molecular complexity index is 898. The van der Waals surface area contributed by atoms with Gasteiger partial charge in [-0.3, -0.25) is 4.79 Å². The smallest absolute Gasteiger partial charge is 0.442 e. The van der Waals surface area contributed by atoms with E-state index in [-0.39, 0.29) is 18.2 Å². The number of ether oxygens (including phenoxy) is 1. The molecule has 0 spiro atoms. The lowest BCUT2D eigenvalue weighted by Gasteiger charge is -2.34. The molecule has 160 valence electrons. The summed E-state index contributed by atoms with van der Waals surface area (Å²) in [6.45, 7) is 6.60. The van der Waals surface area contributed by atoms with Gasteiger partial charge in [-0.15, -0.1) is 0 Å². The maximum atomic E-state index is 14.1. The lowest BCUT2D eigenvalue weighted by molar-refractivity contribution is -0.207. The lowest BCUT2D eigenvalue weighted by atomic mass is 10.1. The van der Waals surface area contributed by atoms with Gasteiger partial charge in [0, 0.05) is 6.42 Å². The Balaban J connectivity index is 2.52. The number of hydrogen-bond donors (Lipinski definition) is 2. The van der Waals surface area contributed by atoms with Gasteiger partial charge in [0.15, 0.2) is 5.13 Å². The van der Waals surface area contributed by atoms with Crippen LogP contribution >= 0.6 is 11.3 Å². The first-order valence-corrected chi connectivity index (χ1v) is 10.1. The Labute approximate surface area is 170 Å². The van der Waals surface area contributed by atoms with Gasteiger partial charge in [-0.25, -0.2) is 9.78 Å². The van der Waals surface area contributed by atoms with Crippen LogP contribution in [0.4, 0.5) is 18.3 Å². The van der Waals surface area contributed by atoms with E-state index in [1.165, 1.54) is 6.92 Å². The number of amides is 1. The topological polar surface area (TPSA) is 80.3 Å². The molecule has 1 amide bonds. The molecule has 1 aromatic carbocycles. The van der Waals surface area contributed by atoms with Crippen LogP contribution in [-0.4, -0.2) is 35.3 Å². The predicted octanol–water partition coefficient (Wildman–Crippen LogP) is 4.45. The average molecular weight is 431 g/mol. The minimum Gasteiger partial charge on any atom is -0.463 e. The molecule has 0 fully saturated rings. The average Bonchev–Trinajstić information content (AvgIpc) is 3.05. The number of anilines is 1. The molecule has 0 saturated heterocycles. The van der Waals surface area contributed by atoms with E-state index < -0.39 is 23.7 Å². The van der Waals surface area contributed by atoms with Crippen molar-refractivity contribution in [2.24, 2.45) is 0 Å². The number of benzene rings is 1. The summed E-state index contributed by atoms with van der Waals surface area (Å²) in [6, 6.07) is 3.59. The van der Waals surface area contributed by atoms with Crippen molar-refractivity contribution in [2.45, 2.75) is 58.8 Å². The normalized spacial score (nSPS) is 13.8. The van der Waals surface area contributed by atoms with Crippen LogP contribution in [0.15, 0.2) is 12.1 Å². The van der Waals surface area contributed by atoms with Gasteiger partial charge in [0.1, 0.15) is 0 Å². The van der Waals surface area contributed by atoms with Crippen LogP contribution in [0.1, 0.15) is 44.2 Å². The highest BCUT2D eigenvalue weighted by atomic mass is 32.1. The summed E-state index contributed by atoms with van der Waals surface area (Å²) in [6.07, 6.45) is -4.30. The van der Waals surface area contributed by atoms with E-state index in [9.17, 15) is 22.8 Å². The quantitative estimate of drug-likeness (QED) is 0.477. The highest BCUT2D eigenvalue weighted by molar-refractivity contribution is 7.22. The molecule has 10 heteroatoms. The third-order valence-electron chi connectivity index (χ3n) is 4.47. The molecule has 1 heterocycles. The minimum absolute atomic E-state index is 0.144. The number of halogens is 3. The monoisotopic (exact) mass is 431 g/mol. The van der Waals surface area contributed by atoms with Crippen molar-refractivity contribution < 1.29 is 27.5 Å². The van der Waals surface area contributed by atoms with E-state index in [2.05, 4.69) is 15.0 Å². The summed E-state index contributed by atoms with van der Waals surface area (Å²) in [5.74, 6) is -2.54. The second-order valence-electron chi connectivity index (χ2n) is 6.62. The van der Waals surface area contributed by atoms with Crippen LogP contribution < -0.4 is 10.6 Å². The summed E-state index contributed by atoms with van der Waals surface area (Å²) in [5, 5.41) is 3.82. The maximum absolute atomic E-state index is 14.1. The second-order valence-corrected chi connectivity index (χ2v) is 7.65. The van der Waals surface area contributed by atoms with Crippen LogP contribution in [0.25, 0.3) is 10.2 Å². The van der Waals surface area contributed by atoms with Crippen molar-refractivity contribution in [3.05, 3.63) is 23.3 Å². The molecule has 0 aliphatic rings. The molecule has 2 aromatic rings. The molecule has 0 aliphatic heterocycles. The van der Waals surface area contributed by atoms with Crippen LogP contribution in [0.5, 0.6) is 0 Å². The number of alkyl halides is 3. The van der Waals surface area contributed by atoms with Crippen molar-refractivity contribution in [3.63, 3.8) is 0 Å². The Morgan fingerprint density at radius 1 is 1.21 bits per heavy atom. The molecule has 0 unspecified atom stereocenters. The number of fused-ring (bicyclic) bond motifs is 1. The zero-order chi connectivity index (χ0) is 21.8. The number of thiazole rings is 1. The first kappa shape index (κ1) is 22.9. The van der Waals surface area contributed by atoms with Crippen molar-refractivity contribution >= 4 is 38.6 Å². The molecule has 6 nitrogen and oxygen atoms in total. The lowest BCUT2D eigenvalue weighted by Crippen LogP contribution is -2.69. The number of esters is 1. The van der Waals surface area contributed by atoms with Gasteiger partial charge in [0.05, 0.1) is 16.8 Å². The third-order valence-corrected chi connectivity index (χ3v) is 5.41. The van der Waals surface area contributed by atoms with Gasteiger partial charge >= 0.3 is 17.8 Å². The summed E-state index contributed by atoms with van der Waals surface area (Å²) in [4.78, 5) is 28.8. The number of aryl methyl sites for hydroxylation is 2.